The molecule has 0 aliphatic rings. The van der Waals surface area contributed by atoms with Gasteiger partial charge in [0.2, 0.25) is 0 Å². The average molecular weight is 375 g/mol. The van der Waals surface area contributed by atoms with Gasteiger partial charge in [0.05, 0.1) is 11.8 Å². The Balaban J connectivity index is 1.89. The van der Waals surface area contributed by atoms with Crippen LogP contribution in [0.5, 0.6) is 0 Å². The summed E-state index contributed by atoms with van der Waals surface area (Å²) < 4.78 is 1.93. The lowest BCUT2D eigenvalue weighted by Crippen LogP contribution is -2.14. The van der Waals surface area contributed by atoms with Crippen LogP contribution >= 0.6 is 0 Å². The van der Waals surface area contributed by atoms with Crippen molar-refractivity contribution >= 4 is 17.8 Å². The highest BCUT2D eigenvalue weighted by molar-refractivity contribution is 6.07. The first kappa shape index (κ1) is 19.4. The predicted molar refractivity (Wildman–Crippen MR) is 114 cm³/mol. The van der Waals surface area contributed by atoms with E-state index < -0.39 is 0 Å². The van der Waals surface area contributed by atoms with Crippen molar-refractivity contribution in [2.75, 3.05) is 12.4 Å². The molecule has 3 rings (SSSR count). The first-order valence-corrected chi connectivity index (χ1v) is 9.22. The zero-order valence-corrected chi connectivity index (χ0v) is 16.6. The number of nitrogens with zero attached hydrogens (tertiary/aromatic N) is 2. The zero-order valence-electron chi connectivity index (χ0n) is 16.6. The van der Waals surface area contributed by atoms with Crippen molar-refractivity contribution in [2.24, 2.45) is 12.2 Å². The maximum Gasteiger partial charge on any atom is 0.257 e. The zero-order chi connectivity index (χ0) is 20.1. The fourth-order valence-electron chi connectivity index (χ4n) is 3.15. The van der Waals surface area contributed by atoms with Crippen LogP contribution in [0.1, 0.15) is 41.3 Å². The Morgan fingerprint density at radius 2 is 1.82 bits per heavy atom. The molecule has 1 N–H and O–H groups in total. The van der Waals surface area contributed by atoms with Gasteiger partial charge >= 0.3 is 0 Å². The number of aromatic nitrogens is 1. The van der Waals surface area contributed by atoms with E-state index in [1.54, 1.807) is 6.21 Å². The minimum absolute atomic E-state index is 0.0967. The van der Waals surface area contributed by atoms with Crippen molar-refractivity contribution in [3.8, 4) is 11.1 Å². The van der Waals surface area contributed by atoms with E-state index in [2.05, 4.69) is 24.3 Å². The Kier molecular flexibility index (Phi) is 5.94. The summed E-state index contributed by atoms with van der Waals surface area (Å²) in [7, 11) is 3.45. The lowest BCUT2D eigenvalue weighted by molar-refractivity contribution is 0.102. The third-order valence-corrected chi connectivity index (χ3v) is 4.56. The quantitative estimate of drug-likeness (QED) is 0.484. The molecule has 0 aliphatic heterocycles. The molecule has 5 nitrogen and oxygen atoms in total. The van der Waals surface area contributed by atoms with E-state index in [9.17, 15) is 4.79 Å². The smallest absolute Gasteiger partial charge is 0.257 e. The van der Waals surface area contributed by atoms with Gasteiger partial charge in [0.15, 0.2) is 0 Å². The Morgan fingerprint density at radius 1 is 1.11 bits per heavy atom. The van der Waals surface area contributed by atoms with Crippen LogP contribution in [0.2, 0.25) is 0 Å². The van der Waals surface area contributed by atoms with Crippen molar-refractivity contribution in [3.05, 3.63) is 77.6 Å². The number of anilines is 1. The maximum atomic E-state index is 13.0. The van der Waals surface area contributed by atoms with E-state index in [0.717, 1.165) is 27.9 Å². The van der Waals surface area contributed by atoms with E-state index in [4.69, 9.17) is 4.84 Å². The first-order chi connectivity index (χ1) is 13.5. The molecule has 0 spiro atoms. The van der Waals surface area contributed by atoms with Gasteiger partial charge in [-0.25, -0.2) is 0 Å². The van der Waals surface area contributed by atoms with Gasteiger partial charge < -0.3 is 14.7 Å². The number of oxime groups is 1. The minimum atomic E-state index is -0.0967. The van der Waals surface area contributed by atoms with Gasteiger partial charge in [0.25, 0.3) is 5.91 Å². The highest BCUT2D eigenvalue weighted by atomic mass is 16.6. The highest BCUT2D eigenvalue weighted by Gasteiger charge is 2.17. The highest BCUT2D eigenvalue weighted by Crippen LogP contribution is 2.29. The van der Waals surface area contributed by atoms with E-state index in [0.29, 0.717) is 5.56 Å². The molecule has 0 unspecified atom stereocenters. The summed E-state index contributed by atoms with van der Waals surface area (Å²) >= 11 is 0. The van der Waals surface area contributed by atoms with Gasteiger partial charge in [-0.1, -0.05) is 61.5 Å². The summed E-state index contributed by atoms with van der Waals surface area (Å²) in [6.07, 6.45) is 5.53. The van der Waals surface area contributed by atoms with E-state index in [-0.39, 0.29) is 11.8 Å². The van der Waals surface area contributed by atoms with Gasteiger partial charge in [0.1, 0.15) is 7.11 Å². The number of aryl methyl sites for hydroxylation is 1. The number of amides is 1. The molecular formula is C23H25N3O2. The van der Waals surface area contributed by atoms with Crippen LogP contribution in [-0.2, 0) is 11.9 Å². The van der Waals surface area contributed by atoms with Gasteiger partial charge in [-0.2, -0.15) is 0 Å². The van der Waals surface area contributed by atoms with Crippen LogP contribution < -0.4 is 5.32 Å². The number of hydrogen-bond donors (Lipinski definition) is 1. The number of carbonyl (C=O) groups excluding carboxylic acids is 1. The topological polar surface area (TPSA) is 55.6 Å². The molecule has 2 aromatic carbocycles. The molecule has 28 heavy (non-hydrogen) atoms. The second kappa shape index (κ2) is 8.57. The summed E-state index contributed by atoms with van der Waals surface area (Å²) in [6.45, 7) is 4.18. The summed E-state index contributed by atoms with van der Waals surface area (Å²) in [5.41, 5.74) is 5.45. The van der Waals surface area contributed by atoms with Gasteiger partial charge in [-0.05, 0) is 28.7 Å². The minimum Gasteiger partial charge on any atom is -0.399 e. The molecule has 1 heterocycles. The maximum absolute atomic E-state index is 13.0. The predicted octanol–water partition coefficient (Wildman–Crippen LogP) is 5.05. The van der Waals surface area contributed by atoms with Crippen molar-refractivity contribution in [2.45, 2.75) is 19.8 Å². The monoisotopic (exact) mass is 375 g/mol. The summed E-state index contributed by atoms with van der Waals surface area (Å²) in [5, 5.41) is 6.86. The van der Waals surface area contributed by atoms with Gasteiger partial charge in [-0.3, -0.25) is 4.79 Å². The number of para-hydroxylation sites is 1. The molecule has 0 saturated carbocycles. The van der Waals surface area contributed by atoms with Gasteiger partial charge in [-0.15, -0.1) is 0 Å². The normalized spacial score (nSPS) is 11.2. The summed E-state index contributed by atoms with van der Waals surface area (Å²) in [4.78, 5) is 17.7. The molecule has 1 aromatic heterocycles. The summed E-state index contributed by atoms with van der Waals surface area (Å²) in [5.74, 6) is 0.180. The molecule has 0 atom stereocenters. The molecule has 0 bridgehead atoms. The molecule has 0 saturated heterocycles. The van der Waals surface area contributed by atoms with Crippen LogP contribution in [-0.4, -0.2) is 23.8 Å². The van der Waals surface area contributed by atoms with E-state index in [1.807, 2.05) is 72.5 Å². The van der Waals surface area contributed by atoms with Crippen molar-refractivity contribution < 1.29 is 9.63 Å². The molecule has 1 amide bonds. The standard InChI is InChI=1S/C23H25N3O2/c1-16(2)20-14-26(3)15-21(20)23(27)25-22-8-6-5-7-19(22)18-11-9-17(10-12-18)13-24-28-4/h5-16H,1-4H3,(H,25,27)/b24-13+. The molecule has 144 valence electrons. The van der Waals surface area contributed by atoms with E-state index in [1.165, 1.54) is 7.11 Å². The number of nitrogens with one attached hydrogen (secondary N) is 1. The fraction of sp³-hybridized carbons (Fsp3) is 0.217. The van der Waals surface area contributed by atoms with Crippen LogP contribution in [0, 0.1) is 0 Å². The van der Waals surface area contributed by atoms with Crippen molar-refractivity contribution in [3.63, 3.8) is 0 Å². The van der Waals surface area contributed by atoms with Crippen molar-refractivity contribution in [1.29, 1.82) is 0 Å². The molecule has 3 aromatic rings. The molecule has 0 fully saturated rings. The Hall–Kier alpha value is -3.34. The molecule has 0 radical (unpaired) electrons. The fourth-order valence-corrected chi connectivity index (χ4v) is 3.15. The first-order valence-electron chi connectivity index (χ1n) is 9.22. The van der Waals surface area contributed by atoms with Crippen LogP contribution in [0.15, 0.2) is 66.1 Å². The molecule has 0 aliphatic carbocycles. The SMILES string of the molecule is CO/N=C/c1ccc(-c2ccccc2NC(=O)c2cn(C)cc2C(C)C)cc1. The van der Waals surface area contributed by atoms with Crippen LogP contribution in [0.4, 0.5) is 5.69 Å². The van der Waals surface area contributed by atoms with Gasteiger partial charge in [0, 0.05) is 30.7 Å². The third-order valence-electron chi connectivity index (χ3n) is 4.56. The lowest BCUT2D eigenvalue weighted by atomic mass is 10.0. The second-order valence-corrected chi connectivity index (χ2v) is 6.99. The number of benzene rings is 2. The van der Waals surface area contributed by atoms with E-state index >= 15 is 0 Å². The molecular weight excluding hydrogens is 350 g/mol. The van der Waals surface area contributed by atoms with Crippen molar-refractivity contribution in [1.82, 2.24) is 4.57 Å². The number of hydrogen-bond acceptors (Lipinski definition) is 3. The van der Waals surface area contributed by atoms with Crippen LogP contribution in [0.3, 0.4) is 0 Å². The second-order valence-electron chi connectivity index (χ2n) is 6.99. The summed E-state index contributed by atoms with van der Waals surface area (Å²) in [6, 6.07) is 15.7. The Labute approximate surface area is 165 Å². The Bertz CT molecular complexity index is 985. The lowest BCUT2D eigenvalue weighted by Gasteiger charge is -2.13. The van der Waals surface area contributed by atoms with Crippen LogP contribution in [0.25, 0.3) is 11.1 Å². The third kappa shape index (κ3) is 4.31. The Morgan fingerprint density at radius 3 is 2.50 bits per heavy atom. The largest absolute Gasteiger partial charge is 0.399 e. The number of rotatable bonds is 6. The number of carbonyl (C=O) groups is 1. The average Bonchev–Trinajstić information content (AvgIpc) is 3.09. The molecule has 5 heteroatoms.